The van der Waals surface area contributed by atoms with Crippen LogP contribution in [0, 0.1) is 5.82 Å². The van der Waals surface area contributed by atoms with Gasteiger partial charge in [-0.1, -0.05) is 19.1 Å². The summed E-state index contributed by atoms with van der Waals surface area (Å²) >= 11 is 3.36. The molecule has 4 heteroatoms. The lowest BCUT2D eigenvalue weighted by molar-refractivity contribution is -0.0981. The van der Waals surface area contributed by atoms with Gasteiger partial charge < -0.3 is 10.1 Å². The van der Waals surface area contributed by atoms with Gasteiger partial charge in [0.2, 0.25) is 0 Å². The first-order chi connectivity index (χ1) is 9.63. The fourth-order valence-corrected chi connectivity index (χ4v) is 3.34. The largest absolute Gasteiger partial charge is 0.377 e. The van der Waals surface area contributed by atoms with Crippen LogP contribution in [0.5, 0.6) is 0 Å². The second kappa shape index (κ2) is 7.01. The SMILES string of the molecule is CCCNC(Cc1cccc(F)c1Br)C1(OC)CCC1. The van der Waals surface area contributed by atoms with Crippen LogP contribution >= 0.6 is 15.9 Å². The van der Waals surface area contributed by atoms with Gasteiger partial charge >= 0.3 is 0 Å². The molecule has 1 aliphatic carbocycles. The Bertz CT molecular complexity index is 443. The van der Waals surface area contributed by atoms with Crippen molar-refractivity contribution in [3.8, 4) is 0 Å². The van der Waals surface area contributed by atoms with E-state index in [1.807, 2.05) is 6.07 Å². The minimum atomic E-state index is -0.197. The fraction of sp³-hybridized carbons (Fsp3) is 0.625. The van der Waals surface area contributed by atoms with E-state index in [-0.39, 0.29) is 17.5 Å². The fourth-order valence-electron chi connectivity index (χ4n) is 2.91. The van der Waals surface area contributed by atoms with Gasteiger partial charge in [0.1, 0.15) is 5.82 Å². The van der Waals surface area contributed by atoms with Gasteiger partial charge in [-0.2, -0.15) is 0 Å². The van der Waals surface area contributed by atoms with Gasteiger partial charge in [0.05, 0.1) is 10.1 Å². The molecule has 0 amide bonds. The van der Waals surface area contributed by atoms with Crippen molar-refractivity contribution in [3.05, 3.63) is 34.1 Å². The van der Waals surface area contributed by atoms with Gasteiger partial charge in [0.15, 0.2) is 0 Å². The molecule has 1 aromatic rings. The quantitative estimate of drug-likeness (QED) is 0.805. The molecule has 1 fully saturated rings. The summed E-state index contributed by atoms with van der Waals surface area (Å²) in [6, 6.07) is 5.47. The van der Waals surface area contributed by atoms with Crippen LogP contribution in [0.25, 0.3) is 0 Å². The Balaban J connectivity index is 2.17. The van der Waals surface area contributed by atoms with Gasteiger partial charge in [0, 0.05) is 13.2 Å². The zero-order valence-corrected chi connectivity index (χ0v) is 13.8. The molecular formula is C16H23BrFNO. The predicted molar refractivity (Wildman–Crippen MR) is 83.5 cm³/mol. The van der Waals surface area contributed by atoms with Crippen LogP contribution in [0.2, 0.25) is 0 Å². The Labute approximate surface area is 129 Å². The standard InChI is InChI=1S/C16H23BrFNO/c1-3-10-19-14(16(20-2)8-5-9-16)11-12-6-4-7-13(18)15(12)17/h4,6-7,14,19H,3,5,8-11H2,1-2H3. The Kier molecular flexibility index (Phi) is 5.58. The molecule has 1 unspecified atom stereocenters. The number of nitrogens with one attached hydrogen (secondary N) is 1. The number of hydrogen-bond acceptors (Lipinski definition) is 2. The van der Waals surface area contributed by atoms with E-state index in [1.54, 1.807) is 13.2 Å². The minimum absolute atomic E-state index is 0.0824. The summed E-state index contributed by atoms with van der Waals surface area (Å²) in [7, 11) is 1.79. The van der Waals surface area contributed by atoms with E-state index in [0.717, 1.165) is 37.8 Å². The second-order valence-corrected chi connectivity index (χ2v) is 6.34. The smallest absolute Gasteiger partial charge is 0.137 e. The average molecular weight is 344 g/mol. The maximum atomic E-state index is 13.7. The Morgan fingerprint density at radius 2 is 2.20 bits per heavy atom. The molecule has 2 rings (SSSR count). The molecule has 1 aromatic carbocycles. The monoisotopic (exact) mass is 343 g/mol. The first-order valence-electron chi connectivity index (χ1n) is 7.34. The molecule has 112 valence electrons. The van der Waals surface area contributed by atoms with E-state index in [4.69, 9.17) is 4.74 Å². The van der Waals surface area contributed by atoms with Crippen molar-refractivity contribution in [2.45, 2.75) is 50.7 Å². The molecule has 1 atom stereocenters. The van der Waals surface area contributed by atoms with E-state index in [0.29, 0.717) is 4.47 Å². The van der Waals surface area contributed by atoms with Gasteiger partial charge in [-0.25, -0.2) is 4.39 Å². The molecule has 0 saturated heterocycles. The molecule has 2 nitrogen and oxygen atoms in total. The molecule has 1 N–H and O–H groups in total. The van der Waals surface area contributed by atoms with E-state index >= 15 is 0 Å². The normalized spacial score (nSPS) is 18.6. The number of benzene rings is 1. The highest BCUT2D eigenvalue weighted by Crippen LogP contribution is 2.39. The van der Waals surface area contributed by atoms with Crippen LogP contribution in [0.4, 0.5) is 4.39 Å². The van der Waals surface area contributed by atoms with E-state index in [9.17, 15) is 4.39 Å². The van der Waals surface area contributed by atoms with Gasteiger partial charge in [-0.15, -0.1) is 0 Å². The van der Waals surface area contributed by atoms with Crippen LogP contribution in [-0.2, 0) is 11.2 Å². The van der Waals surface area contributed by atoms with E-state index in [1.165, 1.54) is 12.5 Å². The summed E-state index contributed by atoms with van der Waals surface area (Å²) in [5.41, 5.74) is 0.919. The number of hydrogen-bond donors (Lipinski definition) is 1. The predicted octanol–water partition coefficient (Wildman–Crippen LogP) is 4.07. The average Bonchev–Trinajstić information content (AvgIpc) is 2.40. The van der Waals surface area contributed by atoms with Crippen molar-refractivity contribution < 1.29 is 9.13 Å². The lowest BCUT2D eigenvalue weighted by Gasteiger charge is -2.47. The molecule has 1 aliphatic rings. The number of rotatable bonds is 7. The third-order valence-electron chi connectivity index (χ3n) is 4.34. The molecule has 0 aromatic heterocycles. The summed E-state index contributed by atoms with van der Waals surface area (Å²) in [5.74, 6) is -0.197. The number of halogens is 2. The molecule has 1 saturated carbocycles. The first kappa shape index (κ1) is 15.9. The van der Waals surface area contributed by atoms with Crippen LogP contribution in [0.1, 0.15) is 38.2 Å². The van der Waals surface area contributed by atoms with Crippen molar-refractivity contribution in [3.63, 3.8) is 0 Å². The van der Waals surface area contributed by atoms with Gasteiger partial charge in [-0.05, 0) is 66.2 Å². The maximum Gasteiger partial charge on any atom is 0.137 e. The van der Waals surface area contributed by atoms with Crippen molar-refractivity contribution in [2.75, 3.05) is 13.7 Å². The van der Waals surface area contributed by atoms with Crippen LogP contribution in [-0.4, -0.2) is 25.3 Å². The van der Waals surface area contributed by atoms with Gasteiger partial charge in [0.25, 0.3) is 0 Å². The molecular weight excluding hydrogens is 321 g/mol. The molecule has 0 radical (unpaired) electrons. The summed E-state index contributed by atoms with van der Waals surface area (Å²) in [6.45, 7) is 3.12. The third kappa shape index (κ3) is 3.23. The van der Waals surface area contributed by atoms with Crippen molar-refractivity contribution >= 4 is 15.9 Å². The molecule has 0 bridgehead atoms. The van der Waals surface area contributed by atoms with Gasteiger partial charge in [-0.3, -0.25) is 0 Å². The summed E-state index contributed by atoms with van der Waals surface area (Å²) < 4.78 is 20.0. The lowest BCUT2D eigenvalue weighted by atomic mass is 9.72. The Morgan fingerprint density at radius 3 is 2.75 bits per heavy atom. The lowest BCUT2D eigenvalue weighted by Crippen LogP contribution is -2.57. The third-order valence-corrected chi connectivity index (χ3v) is 5.23. The minimum Gasteiger partial charge on any atom is -0.377 e. The zero-order valence-electron chi connectivity index (χ0n) is 12.2. The van der Waals surface area contributed by atoms with Crippen LogP contribution < -0.4 is 5.32 Å². The summed E-state index contributed by atoms with van der Waals surface area (Å²) in [5, 5.41) is 3.59. The first-order valence-corrected chi connectivity index (χ1v) is 8.13. The number of ether oxygens (including phenoxy) is 1. The topological polar surface area (TPSA) is 21.3 Å². The van der Waals surface area contributed by atoms with Crippen LogP contribution in [0.15, 0.2) is 22.7 Å². The summed E-state index contributed by atoms with van der Waals surface area (Å²) in [4.78, 5) is 0. The Hall–Kier alpha value is -0.450. The van der Waals surface area contributed by atoms with Crippen molar-refractivity contribution in [2.24, 2.45) is 0 Å². The molecule has 0 aliphatic heterocycles. The molecule has 0 heterocycles. The van der Waals surface area contributed by atoms with Crippen molar-refractivity contribution in [1.29, 1.82) is 0 Å². The van der Waals surface area contributed by atoms with Crippen molar-refractivity contribution in [1.82, 2.24) is 5.32 Å². The van der Waals surface area contributed by atoms with Crippen LogP contribution in [0.3, 0.4) is 0 Å². The highest BCUT2D eigenvalue weighted by Gasteiger charge is 2.44. The second-order valence-electron chi connectivity index (χ2n) is 5.55. The Morgan fingerprint density at radius 1 is 1.45 bits per heavy atom. The van der Waals surface area contributed by atoms with E-state index < -0.39 is 0 Å². The highest BCUT2D eigenvalue weighted by molar-refractivity contribution is 9.10. The molecule has 20 heavy (non-hydrogen) atoms. The zero-order chi connectivity index (χ0) is 14.6. The maximum absolute atomic E-state index is 13.7. The van der Waals surface area contributed by atoms with E-state index in [2.05, 4.69) is 28.2 Å². The highest BCUT2D eigenvalue weighted by atomic mass is 79.9. The summed E-state index contributed by atoms with van der Waals surface area (Å²) in [6.07, 6.45) is 5.24. The number of methoxy groups -OCH3 is 1. The molecule has 0 spiro atoms.